The Balaban J connectivity index is 2.77. The van der Waals surface area contributed by atoms with E-state index in [4.69, 9.17) is 0 Å². The molecule has 0 aliphatic carbocycles. The lowest BCUT2D eigenvalue weighted by molar-refractivity contribution is 0.358. The first-order chi connectivity index (χ1) is 7.45. The molecule has 1 atom stereocenters. The van der Waals surface area contributed by atoms with Gasteiger partial charge in [0.15, 0.2) is 0 Å². The zero-order chi connectivity index (χ0) is 12.2. The zero-order valence-corrected chi connectivity index (χ0v) is 10.9. The third kappa shape index (κ3) is 3.61. The molecule has 0 fully saturated rings. The van der Waals surface area contributed by atoms with E-state index in [2.05, 4.69) is 0 Å². The van der Waals surface area contributed by atoms with Gasteiger partial charge in [0.25, 0.3) is 0 Å². The van der Waals surface area contributed by atoms with E-state index in [1.54, 1.807) is 7.05 Å². The molecule has 0 saturated carbocycles. The van der Waals surface area contributed by atoms with Gasteiger partial charge in [-0.25, -0.2) is 12.7 Å². The fraction of sp³-hybridized carbons (Fsp3) is 0.500. The second kappa shape index (κ2) is 5.46. The fourth-order valence-corrected chi connectivity index (χ4v) is 2.45. The average molecular weight is 241 g/mol. The highest BCUT2D eigenvalue weighted by Crippen LogP contribution is 2.13. The Kier molecular flexibility index (Phi) is 4.50. The largest absolute Gasteiger partial charge is 0.213 e. The summed E-state index contributed by atoms with van der Waals surface area (Å²) < 4.78 is 24.4. The van der Waals surface area contributed by atoms with Crippen LogP contribution in [-0.2, 0) is 16.4 Å². The molecule has 4 heteroatoms. The van der Waals surface area contributed by atoms with E-state index in [1.165, 1.54) is 16.1 Å². The summed E-state index contributed by atoms with van der Waals surface area (Å²) in [6, 6.07) is 10.0. The number of sulfonamides is 1. The van der Waals surface area contributed by atoms with Crippen molar-refractivity contribution in [1.29, 1.82) is 0 Å². The van der Waals surface area contributed by atoms with E-state index in [1.807, 2.05) is 37.3 Å². The molecule has 0 aliphatic heterocycles. The summed E-state index contributed by atoms with van der Waals surface area (Å²) in [6.07, 6.45) is 2.83. The second-order valence-electron chi connectivity index (χ2n) is 4.03. The Labute approximate surface area is 98.1 Å². The monoisotopic (exact) mass is 241 g/mol. The number of nitrogens with zero attached hydrogens (tertiary/aromatic N) is 1. The molecule has 1 rings (SSSR count). The second-order valence-corrected chi connectivity index (χ2v) is 6.07. The molecular formula is C12H19NO2S. The van der Waals surface area contributed by atoms with Crippen molar-refractivity contribution < 1.29 is 8.42 Å². The van der Waals surface area contributed by atoms with Gasteiger partial charge in [-0.1, -0.05) is 37.3 Å². The van der Waals surface area contributed by atoms with Crippen molar-refractivity contribution in [3.05, 3.63) is 35.9 Å². The molecule has 90 valence electrons. The van der Waals surface area contributed by atoms with Crippen molar-refractivity contribution in [1.82, 2.24) is 4.31 Å². The van der Waals surface area contributed by atoms with Gasteiger partial charge in [-0.2, -0.15) is 0 Å². The fourth-order valence-electron chi connectivity index (χ4n) is 1.69. The van der Waals surface area contributed by atoms with Crippen molar-refractivity contribution >= 4 is 10.0 Å². The third-order valence-electron chi connectivity index (χ3n) is 2.82. The predicted octanol–water partition coefficient (Wildman–Crippen LogP) is 1.90. The molecular weight excluding hydrogens is 222 g/mol. The summed E-state index contributed by atoms with van der Waals surface area (Å²) in [5, 5.41) is 0. The third-order valence-corrected chi connectivity index (χ3v) is 4.17. The van der Waals surface area contributed by atoms with Gasteiger partial charge in [0.05, 0.1) is 6.26 Å². The van der Waals surface area contributed by atoms with E-state index in [0.717, 1.165) is 12.8 Å². The normalized spacial score (nSPS) is 14.0. The predicted molar refractivity (Wildman–Crippen MR) is 66.8 cm³/mol. The Hall–Kier alpha value is -0.870. The number of benzene rings is 1. The summed E-state index contributed by atoms with van der Waals surface area (Å²) in [4.78, 5) is 0. The van der Waals surface area contributed by atoms with Crippen molar-refractivity contribution in [3.8, 4) is 0 Å². The molecule has 0 aliphatic rings. The molecule has 1 unspecified atom stereocenters. The van der Waals surface area contributed by atoms with Crippen LogP contribution in [0.5, 0.6) is 0 Å². The van der Waals surface area contributed by atoms with Crippen LogP contribution in [0.25, 0.3) is 0 Å². The number of likely N-dealkylation sites (N-methyl/N-ethyl adjacent to an activating group) is 1. The van der Waals surface area contributed by atoms with Crippen molar-refractivity contribution in [2.75, 3.05) is 13.3 Å². The maximum absolute atomic E-state index is 11.4. The van der Waals surface area contributed by atoms with Crippen molar-refractivity contribution in [3.63, 3.8) is 0 Å². The van der Waals surface area contributed by atoms with Crippen LogP contribution in [0.4, 0.5) is 0 Å². The van der Waals surface area contributed by atoms with Crippen LogP contribution in [0.2, 0.25) is 0 Å². The van der Waals surface area contributed by atoms with Gasteiger partial charge >= 0.3 is 0 Å². The van der Waals surface area contributed by atoms with Crippen LogP contribution in [0, 0.1) is 0 Å². The number of hydrogen-bond acceptors (Lipinski definition) is 2. The van der Waals surface area contributed by atoms with E-state index in [0.29, 0.717) is 0 Å². The molecule has 0 bridgehead atoms. The average Bonchev–Trinajstić information content (AvgIpc) is 2.25. The van der Waals surface area contributed by atoms with Crippen LogP contribution >= 0.6 is 0 Å². The highest BCUT2D eigenvalue weighted by atomic mass is 32.2. The molecule has 0 amide bonds. The highest BCUT2D eigenvalue weighted by Gasteiger charge is 2.20. The summed E-state index contributed by atoms with van der Waals surface area (Å²) in [6.45, 7) is 2.01. The van der Waals surface area contributed by atoms with Crippen LogP contribution in [-0.4, -0.2) is 32.1 Å². The van der Waals surface area contributed by atoms with E-state index in [9.17, 15) is 8.42 Å². The van der Waals surface area contributed by atoms with Gasteiger partial charge < -0.3 is 0 Å². The van der Waals surface area contributed by atoms with E-state index < -0.39 is 10.0 Å². The van der Waals surface area contributed by atoms with Crippen LogP contribution in [0.1, 0.15) is 18.9 Å². The summed E-state index contributed by atoms with van der Waals surface area (Å²) >= 11 is 0. The molecule has 0 N–H and O–H groups in total. The molecule has 0 radical (unpaired) electrons. The lowest BCUT2D eigenvalue weighted by Gasteiger charge is -2.25. The molecule has 1 aromatic rings. The molecule has 0 saturated heterocycles. The quantitative estimate of drug-likeness (QED) is 0.789. The molecule has 0 heterocycles. The topological polar surface area (TPSA) is 37.4 Å². The number of hydrogen-bond donors (Lipinski definition) is 0. The molecule has 0 spiro atoms. The minimum Gasteiger partial charge on any atom is -0.213 e. The van der Waals surface area contributed by atoms with Gasteiger partial charge in [0, 0.05) is 13.1 Å². The summed E-state index contributed by atoms with van der Waals surface area (Å²) in [5.74, 6) is 0. The van der Waals surface area contributed by atoms with Crippen molar-refractivity contribution in [2.45, 2.75) is 25.8 Å². The molecule has 16 heavy (non-hydrogen) atoms. The Morgan fingerprint density at radius 2 is 1.81 bits per heavy atom. The summed E-state index contributed by atoms with van der Waals surface area (Å²) in [7, 11) is -1.46. The van der Waals surface area contributed by atoms with Gasteiger partial charge in [0.2, 0.25) is 10.0 Å². The summed E-state index contributed by atoms with van der Waals surface area (Å²) in [5.41, 5.74) is 1.17. The Morgan fingerprint density at radius 1 is 1.25 bits per heavy atom. The minimum absolute atomic E-state index is 0.0393. The number of rotatable bonds is 5. The van der Waals surface area contributed by atoms with Gasteiger partial charge in [-0.05, 0) is 18.4 Å². The smallest absolute Gasteiger partial charge is 0.211 e. The van der Waals surface area contributed by atoms with Crippen LogP contribution in [0.15, 0.2) is 30.3 Å². The first-order valence-corrected chi connectivity index (χ1v) is 7.27. The molecule has 3 nitrogen and oxygen atoms in total. The lowest BCUT2D eigenvalue weighted by Crippen LogP contribution is -2.37. The maximum Gasteiger partial charge on any atom is 0.211 e. The van der Waals surface area contributed by atoms with Gasteiger partial charge in [0.1, 0.15) is 0 Å². The van der Waals surface area contributed by atoms with Crippen LogP contribution < -0.4 is 0 Å². The maximum atomic E-state index is 11.4. The Morgan fingerprint density at radius 3 is 2.25 bits per heavy atom. The minimum atomic E-state index is -3.10. The van der Waals surface area contributed by atoms with Gasteiger partial charge in [-0.3, -0.25) is 0 Å². The standard InChI is InChI=1S/C12H19NO2S/c1-4-12(13(2)16(3,14)15)10-11-8-6-5-7-9-11/h5-9,12H,4,10H2,1-3H3. The lowest BCUT2D eigenvalue weighted by atomic mass is 10.0. The highest BCUT2D eigenvalue weighted by molar-refractivity contribution is 7.88. The van der Waals surface area contributed by atoms with Gasteiger partial charge in [-0.15, -0.1) is 0 Å². The zero-order valence-electron chi connectivity index (χ0n) is 10.1. The molecule has 0 aromatic heterocycles. The van der Waals surface area contributed by atoms with Crippen LogP contribution in [0.3, 0.4) is 0 Å². The SMILES string of the molecule is CCC(Cc1ccccc1)N(C)S(C)(=O)=O. The first kappa shape index (κ1) is 13.2. The van der Waals surface area contributed by atoms with E-state index in [-0.39, 0.29) is 6.04 Å². The van der Waals surface area contributed by atoms with E-state index >= 15 is 0 Å². The first-order valence-electron chi connectivity index (χ1n) is 5.42. The Bertz CT molecular complexity index is 414. The molecule has 1 aromatic carbocycles. The van der Waals surface area contributed by atoms with Crippen molar-refractivity contribution in [2.24, 2.45) is 0 Å².